The minimum Gasteiger partial charge on any atom is -0.345 e. The summed E-state index contributed by atoms with van der Waals surface area (Å²) in [5.41, 5.74) is 3.41. The molecule has 1 fully saturated rings. The van der Waals surface area contributed by atoms with E-state index < -0.39 is 0 Å². The Morgan fingerprint density at radius 3 is 1.89 bits per heavy atom. The number of benzene rings is 2. The molecule has 0 atom stereocenters. The summed E-state index contributed by atoms with van der Waals surface area (Å²) >= 11 is 3.00. The summed E-state index contributed by atoms with van der Waals surface area (Å²) in [5.74, 6) is 0. The number of nitriles is 3. The second-order valence-electron chi connectivity index (χ2n) is 7.98. The summed E-state index contributed by atoms with van der Waals surface area (Å²) in [6.45, 7) is 3.08. The third-order valence-corrected chi connectivity index (χ3v) is 7.89. The smallest absolute Gasteiger partial charge is 0.186 e. The van der Waals surface area contributed by atoms with Crippen LogP contribution in [-0.4, -0.2) is 36.1 Å². The van der Waals surface area contributed by atoms with Gasteiger partial charge >= 0.3 is 0 Å². The van der Waals surface area contributed by atoms with Crippen LogP contribution in [0.2, 0.25) is 0 Å². The molecule has 5 rings (SSSR count). The van der Waals surface area contributed by atoms with Crippen LogP contribution < -0.4 is 9.80 Å². The van der Waals surface area contributed by atoms with Crippen molar-refractivity contribution in [3.63, 3.8) is 0 Å². The van der Waals surface area contributed by atoms with Gasteiger partial charge in [-0.1, -0.05) is 72.0 Å². The van der Waals surface area contributed by atoms with E-state index in [1.165, 1.54) is 11.3 Å². The fourth-order valence-corrected chi connectivity index (χ4v) is 6.03. The van der Waals surface area contributed by atoms with Gasteiger partial charge < -0.3 is 9.80 Å². The lowest BCUT2D eigenvalue weighted by atomic mass is 10.0. The molecule has 9 heteroatoms. The van der Waals surface area contributed by atoms with Crippen LogP contribution in [0.4, 0.5) is 10.3 Å². The highest BCUT2D eigenvalue weighted by Crippen LogP contribution is 2.39. The number of piperazine rings is 1. The van der Waals surface area contributed by atoms with Crippen molar-refractivity contribution in [3.05, 3.63) is 76.5 Å². The van der Waals surface area contributed by atoms with Crippen LogP contribution >= 0.6 is 22.7 Å². The van der Waals surface area contributed by atoms with Gasteiger partial charge in [0.05, 0.1) is 16.3 Å². The molecule has 0 bridgehead atoms. The molecule has 36 heavy (non-hydrogen) atoms. The first-order valence-electron chi connectivity index (χ1n) is 11.2. The zero-order valence-corrected chi connectivity index (χ0v) is 20.8. The molecule has 0 aliphatic carbocycles. The number of hydrogen-bond donors (Lipinski definition) is 0. The Labute approximate surface area is 217 Å². The molecule has 1 saturated heterocycles. The van der Waals surface area contributed by atoms with Crippen molar-refractivity contribution in [2.75, 3.05) is 36.0 Å². The first kappa shape index (κ1) is 23.3. The fourth-order valence-electron chi connectivity index (χ4n) is 4.00. The van der Waals surface area contributed by atoms with Crippen LogP contribution in [0.1, 0.15) is 4.88 Å². The molecule has 2 aromatic carbocycles. The average molecular weight is 506 g/mol. The molecule has 0 saturated carbocycles. The summed E-state index contributed by atoms with van der Waals surface area (Å²) in [5, 5.41) is 32.5. The van der Waals surface area contributed by atoms with E-state index in [-0.39, 0.29) is 11.1 Å². The lowest BCUT2D eigenvalue weighted by Crippen LogP contribution is -2.46. The Bertz CT molecular complexity index is 1510. The van der Waals surface area contributed by atoms with Gasteiger partial charge in [0, 0.05) is 42.7 Å². The van der Waals surface area contributed by atoms with E-state index in [1.807, 2.05) is 60.7 Å². The lowest BCUT2D eigenvalue weighted by Gasteiger charge is -2.34. The van der Waals surface area contributed by atoms with Crippen molar-refractivity contribution in [3.8, 4) is 40.7 Å². The maximum absolute atomic E-state index is 9.79. The standard InChI is InChI=1S/C27H19N7S2/c28-15-21(16-29)22(17-30)25-24(20-9-5-2-6-10-20)32-27(36-25)34-13-11-33(12-14-34)26-31-23(18-35-26)19-7-3-1-4-8-19/h1-10,18H,11-14H2. The van der Waals surface area contributed by atoms with E-state index in [2.05, 4.69) is 33.4 Å². The van der Waals surface area contributed by atoms with Crippen molar-refractivity contribution in [1.82, 2.24) is 9.97 Å². The van der Waals surface area contributed by atoms with Gasteiger partial charge in [-0.3, -0.25) is 0 Å². The molecule has 0 spiro atoms. The van der Waals surface area contributed by atoms with Gasteiger partial charge in [0.2, 0.25) is 0 Å². The first-order chi connectivity index (χ1) is 17.7. The van der Waals surface area contributed by atoms with Crippen molar-refractivity contribution in [2.45, 2.75) is 0 Å². The number of nitrogens with zero attached hydrogens (tertiary/aromatic N) is 7. The number of thiazole rings is 2. The minimum absolute atomic E-state index is 0.0671. The number of rotatable bonds is 5. The molecule has 0 unspecified atom stereocenters. The van der Waals surface area contributed by atoms with Crippen molar-refractivity contribution < 1.29 is 0 Å². The van der Waals surface area contributed by atoms with Crippen LogP contribution in [0.3, 0.4) is 0 Å². The van der Waals surface area contributed by atoms with Gasteiger partial charge in [0.15, 0.2) is 10.3 Å². The number of hydrogen-bond acceptors (Lipinski definition) is 9. The Kier molecular flexibility index (Phi) is 6.73. The Hall–Kier alpha value is -4.49. The largest absolute Gasteiger partial charge is 0.345 e. The van der Waals surface area contributed by atoms with E-state index in [1.54, 1.807) is 11.3 Å². The highest BCUT2D eigenvalue weighted by molar-refractivity contribution is 7.17. The third kappa shape index (κ3) is 4.56. The summed E-state index contributed by atoms with van der Waals surface area (Å²) in [6.07, 6.45) is 0. The van der Waals surface area contributed by atoms with E-state index in [9.17, 15) is 15.8 Å². The molecule has 0 N–H and O–H groups in total. The second-order valence-corrected chi connectivity index (χ2v) is 9.80. The van der Waals surface area contributed by atoms with Gasteiger partial charge in [-0.25, -0.2) is 9.97 Å². The van der Waals surface area contributed by atoms with Crippen LogP contribution in [0, 0.1) is 34.0 Å². The summed E-state index contributed by atoms with van der Waals surface area (Å²) in [4.78, 5) is 14.7. The van der Waals surface area contributed by atoms with Crippen molar-refractivity contribution in [1.29, 1.82) is 15.8 Å². The molecule has 1 aliphatic heterocycles. The predicted octanol–water partition coefficient (Wildman–Crippen LogP) is 5.58. The molecule has 174 valence electrons. The quantitative estimate of drug-likeness (QED) is 0.326. The first-order valence-corrected chi connectivity index (χ1v) is 12.9. The summed E-state index contributed by atoms with van der Waals surface area (Å²) in [7, 11) is 0. The molecule has 7 nitrogen and oxygen atoms in total. The Morgan fingerprint density at radius 1 is 0.722 bits per heavy atom. The molecule has 4 aromatic rings. The molecule has 0 amide bonds. The van der Waals surface area contributed by atoms with Gasteiger partial charge in [0.25, 0.3) is 0 Å². The van der Waals surface area contributed by atoms with Gasteiger partial charge in [0.1, 0.15) is 29.4 Å². The summed E-state index contributed by atoms with van der Waals surface area (Å²) in [6, 6.07) is 25.5. The normalized spacial score (nSPS) is 12.9. The van der Waals surface area contributed by atoms with Gasteiger partial charge in [-0.05, 0) is 0 Å². The molecule has 3 heterocycles. The van der Waals surface area contributed by atoms with Gasteiger partial charge in [-0.2, -0.15) is 15.8 Å². The third-order valence-electron chi connectivity index (χ3n) is 5.86. The highest BCUT2D eigenvalue weighted by atomic mass is 32.1. The number of anilines is 2. The van der Waals surface area contributed by atoms with Crippen molar-refractivity contribution in [2.24, 2.45) is 0 Å². The van der Waals surface area contributed by atoms with E-state index in [4.69, 9.17) is 9.97 Å². The predicted molar refractivity (Wildman–Crippen MR) is 143 cm³/mol. The van der Waals surface area contributed by atoms with Gasteiger partial charge in [-0.15, -0.1) is 11.3 Å². The van der Waals surface area contributed by atoms with E-state index >= 15 is 0 Å². The molecular weight excluding hydrogens is 486 g/mol. The molecule has 1 aliphatic rings. The Morgan fingerprint density at radius 2 is 1.31 bits per heavy atom. The zero-order valence-electron chi connectivity index (χ0n) is 19.1. The number of aromatic nitrogens is 2. The SMILES string of the molecule is N#CC(C#N)=C(C#N)c1sc(N2CCN(c3nc(-c4ccccc4)cs3)CC2)nc1-c1ccccc1. The van der Waals surface area contributed by atoms with Crippen LogP contribution in [0.15, 0.2) is 71.6 Å². The molecule has 0 radical (unpaired) electrons. The minimum atomic E-state index is -0.201. The lowest BCUT2D eigenvalue weighted by molar-refractivity contribution is 0.651. The van der Waals surface area contributed by atoms with Crippen LogP contribution in [-0.2, 0) is 0 Å². The monoisotopic (exact) mass is 505 g/mol. The van der Waals surface area contributed by atoms with E-state index in [0.29, 0.717) is 10.6 Å². The Balaban J connectivity index is 1.40. The number of allylic oxidation sites excluding steroid dienone is 2. The maximum Gasteiger partial charge on any atom is 0.186 e. The van der Waals surface area contributed by atoms with Crippen molar-refractivity contribution >= 4 is 38.5 Å². The molecular formula is C27H19N7S2. The fraction of sp³-hybridized carbons (Fsp3) is 0.148. The second kappa shape index (κ2) is 10.4. The maximum atomic E-state index is 9.79. The zero-order chi connectivity index (χ0) is 24.9. The topological polar surface area (TPSA) is 104 Å². The van der Waals surface area contributed by atoms with Crippen LogP contribution in [0.5, 0.6) is 0 Å². The highest BCUT2D eigenvalue weighted by Gasteiger charge is 2.26. The average Bonchev–Trinajstić information content (AvgIpc) is 3.61. The van der Waals surface area contributed by atoms with E-state index in [0.717, 1.165) is 53.3 Å². The summed E-state index contributed by atoms with van der Waals surface area (Å²) < 4.78 is 0. The van der Waals surface area contributed by atoms with Crippen LogP contribution in [0.25, 0.3) is 28.1 Å². The molecule has 2 aromatic heterocycles.